The number of aliphatic hydroxyl groups is 1. The molecule has 0 bridgehead atoms. The van der Waals surface area contributed by atoms with Crippen molar-refractivity contribution in [2.75, 3.05) is 39.5 Å². The van der Waals surface area contributed by atoms with Crippen molar-refractivity contribution < 1.29 is 19.4 Å². The highest BCUT2D eigenvalue weighted by Crippen LogP contribution is 2.29. The van der Waals surface area contributed by atoms with Gasteiger partial charge in [0, 0.05) is 37.2 Å². The van der Waals surface area contributed by atoms with Crippen LogP contribution < -0.4 is 4.74 Å². The minimum Gasteiger partial charge on any atom is -0.491 e. The zero-order valence-electron chi connectivity index (χ0n) is 12.8. The number of benzene rings is 1. The van der Waals surface area contributed by atoms with Crippen molar-refractivity contribution in [3.63, 3.8) is 0 Å². The fourth-order valence-corrected chi connectivity index (χ4v) is 3.10. The van der Waals surface area contributed by atoms with Crippen LogP contribution in [0.1, 0.15) is 28.8 Å². The molecule has 120 valence electrons. The maximum atomic E-state index is 11.9. The zero-order chi connectivity index (χ0) is 15.4. The Bertz CT molecular complexity index is 525. The summed E-state index contributed by atoms with van der Waals surface area (Å²) in [7, 11) is 0. The summed E-state index contributed by atoms with van der Waals surface area (Å²) >= 11 is 0. The largest absolute Gasteiger partial charge is 0.491 e. The molecule has 0 amide bonds. The van der Waals surface area contributed by atoms with Crippen LogP contribution in [0.2, 0.25) is 0 Å². The van der Waals surface area contributed by atoms with E-state index in [-0.39, 0.29) is 12.4 Å². The summed E-state index contributed by atoms with van der Waals surface area (Å²) in [5.41, 5.74) is 1.78. The van der Waals surface area contributed by atoms with Gasteiger partial charge in [0.15, 0.2) is 5.78 Å². The number of hydrogen-bond donors (Lipinski definition) is 1. The van der Waals surface area contributed by atoms with E-state index >= 15 is 0 Å². The van der Waals surface area contributed by atoms with Gasteiger partial charge in [-0.25, -0.2) is 0 Å². The summed E-state index contributed by atoms with van der Waals surface area (Å²) in [5, 5.41) is 10.1. The molecule has 1 aromatic carbocycles. The first-order valence-corrected chi connectivity index (χ1v) is 8.00. The average Bonchev–Trinajstić information content (AvgIpc) is 2.54. The van der Waals surface area contributed by atoms with E-state index in [1.165, 1.54) is 0 Å². The maximum Gasteiger partial charge on any atom is 0.163 e. The molecule has 5 heteroatoms. The quantitative estimate of drug-likeness (QED) is 0.888. The lowest BCUT2D eigenvalue weighted by atomic mass is 9.90. The molecule has 0 radical (unpaired) electrons. The van der Waals surface area contributed by atoms with E-state index in [4.69, 9.17) is 9.47 Å². The lowest BCUT2D eigenvalue weighted by Gasteiger charge is -2.28. The monoisotopic (exact) mass is 305 g/mol. The average molecular weight is 305 g/mol. The van der Waals surface area contributed by atoms with Gasteiger partial charge in [-0.2, -0.15) is 0 Å². The van der Waals surface area contributed by atoms with Crippen molar-refractivity contribution in [2.24, 2.45) is 0 Å². The van der Waals surface area contributed by atoms with Crippen LogP contribution in [-0.4, -0.2) is 61.3 Å². The number of Topliss-reactive ketones (excluding diaryl/α,β-unsaturated/α-hetero) is 1. The standard InChI is InChI=1S/C17H23NO4/c19-13(11-18-7-9-21-10-8-18)12-22-17-6-2-3-14-15(17)4-1-5-16(14)20/h2-3,6,13,19H,1,4-5,7-12H2/t13-/m1/s1. The summed E-state index contributed by atoms with van der Waals surface area (Å²) in [6.07, 6.45) is 1.84. The number of rotatable bonds is 5. The van der Waals surface area contributed by atoms with Gasteiger partial charge in [-0.15, -0.1) is 0 Å². The Morgan fingerprint density at radius 2 is 2.09 bits per heavy atom. The van der Waals surface area contributed by atoms with E-state index in [0.29, 0.717) is 13.0 Å². The van der Waals surface area contributed by atoms with Crippen LogP contribution in [0.15, 0.2) is 18.2 Å². The molecule has 3 rings (SSSR count). The van der Waals surface area contributed by atoms with Crippen LogP contribution >= 0.6 is 0 Å². The summed E-state index contributed by atoms with van der Waals surface area (Å²) in [6, 6.07) is 5.61. The van der Waals surface area contributed by atoms with Crippen molar-refractivity contribution in [1.29, 1.82) is 0 Å². The number of β-amino-alcohol motifs (C(OH)–C–C–N with tert-alkyl or cyclic N) is 1. The van der Waals surface area contributed by atoms with Crippen LogP contribution in [0, 0.1) is 0 Å². The molecule has 1 aliphatic heterocycles. The first kappa shape index (κ1) is 15.5. The molecule has 1 saturated heterocycles. The second kappa shape index (κ2) is 7.22. The number of morpholine rings is 1. The van der Waals surface area contributed by atoms with Crippen molar-refractivity contribution >= 4 is 5.78 Å². The Kier molecular flexibility index (Phi) is 5.08. The van der Waals surface area contributed by atoms with Gasteiger partial charge < -0.3 is 14.6 Å². The van der Waals surface area contributed by atoms with Gasteiger partial charge in [-0.05, 0) is 18.9 Å². The number of nitrogens with zero attached hydrogens (tertiary/aromatic N) is 1. The van der Waals surface area contributed by atoms with Gasteiger partial charge in [-0.1, -0.05) is 12.1 Å². The van der Waals surface area contributed by atoms with Crippen LogP contribution in [-0.2, 0) is 11.2 Å². The highest BCUT2D eigenvalue weighted by molar-refractivity contribution is 5.99. The Morgan fingerprint density at radius 1 is 1.27 bits per heavy atom. The minimum absolute atomic E-state index is 0.195. The van der Waals surface area contributed by atoms with E-state index in [9.17, 15) is 9.90 Å². The molecule has 22 heavy (non-hydrogen) atoms. The number of carbonyl (C=O) groups is 1. The second-order valence-electron chi connectivity index (χ2n) is 5.94. The molecule has 1 aromatic rings. The van der Waals surface area contributed by atoms with E-state index in [0.717, 1.165) is 56.0 Å². The fraction of sp³-hybridized carbons (Fsp3) is 0.588. The lowest BCUT2D eigenvalue weighted by Crippen LogP contribution is -2.42. The molecule has 2 aliphatic rings. The van der Waals surface area contributed by atoms with Crippen molar-refractivity contribution in [3.05, 3.63) is 29.3 Å². The minimum atomic E-state index is -0.534. The third-order valence-corrected chi connectivity index (χ3v) is 4.27. The smallest absolute Gasteiger partial charge is 0.163 e. The van der Waals surface area contributed by atoms with Gasteiger partial charge in [0.25, 0.3) is 0 Å². The Morgan fingerprint density at radius 3 is 2.91 bits per heavy atom. The number of hydrogen-bond acceptors (Lipinski definition) is 5. The first-order chi connectivity index (χ1) is 10.7. The van der Waals surface area contributed by atoms with Crippen LogP contribution in [0.4, 0.5) is 0 Å². The molecular weight excluding hydrogens is 282 g/mol. The van der Waals surface area contributed by atoms with Gasteiger partial charge >= 0.3 is 0 Å². The Hall–Kier alpha value is -1.43. The summed E-state index contributed by atoms with van der Waals surface area (Å²) < 4.78 is 11.1. The van der Waals surface area contributed by atoms with E-state index in [1.54, 1.807) is 0 Å². The molecule has 0 aromatic heterocycles. The third kappa shape index (κ3) is 3.66. The van der Waals surface area contributed by atoms with Crippen molar-refractivity contribution in [3.8, 4) is 5.75 Å². The van der Waals surface area contributed by atoms with E-state index < -0.39 is 6.10 Å². The first-order valence-electron chi connectivity index (χ1n) is 8.00. The van der Waals surface area contributed by atoms with Gasteiger partial charge in [0.05, 0.1) is 13.2 Å². The molecule has 1 heterocycles. The lowest BCUT2D eigenvalue weighted by molar-refractivity contribution is 0.00456. The molecule has 1 fully saturated rings. The highest BCUT2D eigenvalue weighted by Gasteiger charge is 2.21. The molecule has 1 atom stereocenters. The number of aliphatic hydroxyl groups excluding tert-OH is 1. The van der Waals surface area contributed by atoms with Crippen molar-refractivity contribution in [1.82, 2.24) is 4.90 Å². The molecule has 1 N–H and O–H groups in total. The molecular formula is C17H23NO4. The number of fused-ring (bicyclic) bond motifs is 1. The highest BCUT2D eigenvalue weighted by atomic mass is 16.5. The third-order valence-electron chi connectivity index (χ3n) is 4.27. The molecule has 0 saturated carbocycles. The summed E-state index contributed by atoms with van der Waals surface area (Å²) in [4.78, 5) is 14.1. The summed E-state index contributed by atoms with van der Waals surface area (Å²) in [5.74, 6) is 0.937. The van der Waals surface area contributed by atoms with Gasteiger partial charge in [-0.3, -0.25) is 9.69 Å². The van der Waals surface area contributed by atoms with Crippen LogP contribution in [0.3, 0.4) is 0 Å². The number of ether oxygens (including phenoxy) is 2. The predicted molar refractivity (Wildman–Crippen MR) is 82.5 cm³/mol. The van der Waals surface area contributed by atoms with E-state index in [1.807, 2.05) is 18.2 Å². The SMILES string of the molecule is O=C1CCCc2c(OC[C@H](O)CN3CCOCC3)cccc21. The zero-order valence-corrected chi connectivity index (χ0v) is 12.8. The summed E-state index contributed by atoms with van der Waals surface area (Å²) in [6.45, 7) is 4.00. The van der Waals surface area contributed by atoms with Gasteiger partial charge in [0.2, 0.25) is 0 Å². The van der Waals surface area contributed by atoms with Crippen LogP contribution in [0.25, 0.3) is 0 Å². The van der Waals surface area contributed by atoms with Crippen LogP contribution in [0.5, 0.6) is 5.75 Å². The molecule has 0 spiro atoms. The number of carbonyl (C=O) groups excluding carboxylic acids is 1. The molecule has 5 nitrogen and oxygen atoms in total. The maximum absolute atomic E-state index is 11.9. The predicted octanol–water partition coefficient (Wildman–Crippen LogP) is 1.28. The molecule has 1 aliphatic carbocycles. The van der Waals surface area contributed by atoms with Crippen molar-refractivity contribution in [2.45, 2.75) is 25.4 Å². The Balaban J connectivity index is 1.57. The van der Waals surface area contributed by atoms with Gasteiger partial charge in [0.1, 0.15) is 18.5 Å². The van der Waals surface area contributed by atoms with E-state index in [2.05, 4.69) is 4.90 Å². The topological polar surface area (TPSA) is 59.0 Å². The normalized spacial score (nSPS) is 20.5. The second-order valence-corrected chi connectivity index (χ2v) is 5.94. The molecule has 0 unspecified atom stereocenters. The Labute approximate surface area is 130 Å². The number of ketones is 1. The fourth-order valence-electron chi connectivity index (χ4n) is 3.10.